The van der Waals surface area contributed by atoms with Gasteiger partial charge in [-0.3, -0.25) is 9.48 Å². The molecule has 0 aliphatic carbocycles. The van der Waals surface area contributed by atoms with E-state index in [0.29, 0.717) is 0 Å². The van der Waals surface area contributed by atoms with Crippen molar-refractivity contribution >= 4 is 11.6 Å². The first kappa shape index (κ1) is 14.9. The second-order valence-corrected chi connectivity index (χ2v) is 4.22. The van der Waals surface area contributed by atoms with E-state index in [1.807, 2.05) is 0 Å². The second-order valence-electron chi connectivity index (χ2n) is 4.22. The molecule has 21 heavy (non-hydrogen) atoms. The Bertz CT molecular complexity index is 643. The summed E-state index contributed by atoms with van der Waals surface area (Å²) in [5.74, 6) is -1.68. The molecular weight excluding hydrogens is 287 g/mol. The molecule has 5 nitrogen and oxygen atoms in total. The second kappa shape index (κ2) is 6.29. The van der Waals surface area contributed by atoms with Crippen LogP contribution < -0.4 is 10.1 Å². The van der Waals surface area contributed by atoms with Gasteiger partial charge in [0.1, 0.15) is 12.4 Å². The van der Waals surface area contributed by atoms with E-state index in [1.54, 1.807) is 19.2 Å². The maximum absolute atomic E-state index is 13.0. The maximum atomic E-state index is 13.0. The van der Waals surface area contributed by atoms with Crippen LogP contribution in [0.4, 0.5) is 18.9 Å². The summed E-state index contributed by atoms with van der Waals surface area (Å²) < 4.78 is 43.1. The van der Waals surface area contributed by atoms with Gasteiger partial charge in [0.25, 0.3) is 0 Å². The number of carbonyl (C=O) groups is 1. The minimum Gasteiger partial charge on any atom is -0.432 e. The summed E-state index contributed by atoms with van der Waals surface area (Å²) in [7, 11) is 0. The predicted octanol–water partition coefficient (Wildman–Crippen LogP) is 2.57. The van der Waals surface area contributed by atoms with Crippen molar-refractivity contribution in [3.63, 3.8) is 0 Å². The highest BCUT2D eigenvalue weighted by Gasteiger charge is 2.13. The number of hydrogen-bond acceptors (Lipinski definition) is 3. The van der Waals surface area contributed by atoms with Gasteiger partial charge in [-0.15, -0.1) is 0 Å². The van der Waals surface area contributed by atoms with Crippen LogP contribution in [0.1, 0.15) is 5.69 Å². The first-order valence-electron chi connectivity index (χ1n) is 5.98. The molecule has 112 valence electrons. The smallest absolute Gasteiger partial charge is 0.387 e. The molecule has 1 aromatic carbocycles. The van der Waals surface area contributed by atoms with E-state index in [-0.39, 0.29) is 12.2 Å². The number of alkyl halides is 2. The van der Waals surface area contributed by atoms with Crippen LogP contribution in [0.5, 0.6) is 5.75 Å². The molecule has 0 unspecified atom stereocenters. The summed E-state index contributed by atoms with van der Waals surface area (Å²) in [6, 6.07) is 4.68. The molecule has 0 aliphatic heterocycles. The van der Waals surface area contributed by atoms with Crippen molar-refractivity contribution in [2.24, 2.45) is 0 Å². The first-order chi connectivity index (χ1) is 9.94. The van der Waals surface area contributed by atoms with Gasteiger partial charge in [0.2, 0.25) is 5.91 Å². The normalized spacial score (nSPS) is 10.7. The minimum atomic E-state index is -3.11. The van der Waals surface area contributed by atoms with Gasteiger partial charge >= 0.3 is 6.61 Å². The lowest BCUT2D eigenvalue weighted by atomic mass is 10.3. The predicted molar refractivity (Wildman–Crippen MR) is 68.6 cm³/mol. The van der Waals surface area contributed by atoms with Crippen LogP contribution in [0.15, 0.2) is 30.5 Å². The fourth-order valence-corrected chi connectivity index (χ4v) is 1.68. The van der Waals surface area contributed by atoms with E-state index in [2.05, 4.69) is 15.2 Å². The molecule has 2 rings (SSSR count). The lowest BCUT2D eigenvalue weighted by Gasteiger charge is -2.12. The van der Waals surface area contributed by atoms with Crippen LogP contribution in [0.2, 0.25) is 0 Å². The number of carbonyl (C=O) groups excluding carboxylic acids is 1. The van der Waals surface area contributed by atoms with E-state index in [9.17, 15) is 18.0 Å². The molecule has 0 bridgehead atoms. The number of hydrogen-bond donors (Lipinski definition) is 1. The van der Waals surface area contributed by atoms with E-state index >= 15 is 0 Å². The molecule has 1 N–H and O–H groups in total. The number of rotatable bonds is 5. The van der Waals surface area contributed by atoms with Gasteiger partial charge in [-0.05, 0) is 25.1 Å². The third-order valence-corrected chi connectivity index (χ3v) is 2.51. The molecule has 0 atom stereocenters. The van der Waals surface area contributed by atoms with Crippen molar-refractivity contribution < 1.29 is 22.7 Å². The van der Waals surface area contributed by atoms with Crippen LogP contribution in [0, 0.1) is 12.7 Å². The van der Waals surface area contributed by atoms with Gasteiger partial charge in [-0.25, -0.2) is 4.39 Å². The monoisotopic (exact) mass is 299 g/mol. The minimum absolute atomic E-state index is 0.0365. The largest absolute Gasteiger partial charge is 0.432 e. The third kappa shape index (κ3) is 4.23. The Hall–Kier alpha value is -2.51. The first-order valence-corrected chi connectivity index (χ1v) is 5.98. The van der Waals surface area contributed by atoms with Crippen molar-refractivity contribution in [3.8, 4) is 5.75 Å². The van der Waals surface area contributed by atoms with Crippen LogP contribution in [0.3, 0.4) is 0 Å². The number of aromatic nitrogens is 2. The van der Waals surface area contributed by atoms with Crippen molar-refractivity contribution in [2.45, 2.75) is 20.1 Å². The Morgan fingerprint density at radius 1 is 1.43 bits per heavy atom. The van der Waals surface area contributed by atoms with E-state index in [0.717, 1.165) is 23.9 Å². The highest BCUT2D eigenvalue weighted by atomic mass is 19.3. The van der Waals surface area contributed by atoms with Crippen LogP contribution >= 0.6 is 0 Å². The molecule has 0 spiro atoms. The van der Waals surface area contributed by atoms with Gasteiger partial charge in [-0.2, -0.15) is 13.9 Å². The van der Waals surface area contributed by atoms with Crippen molar-refractivity contribution in [3.05, 3.63) is 42.0 Å². The topological polar surface area (TPSA) is 56.2 Å². The average molecular weight is 299 g/mol. The Balaban J connectivity index is 2.09. The third-order valence-electron chi connectivity index (χ3n) is 2.51. The molecule has 0 radical (unpaired) electrons. The van der Waals surface area contributed by atoms with E-state index in [4.69, 9.17) is 0 Å². The molecule has 0 saturated carbocycles. The van der Waals surface area contributed by atoms with E-state index in [1.165, 1.54) is 4.68 Å². The number of benzene rings is 1. The van der Waals surface area contributed by atoms with Crippen LogP contribution in [-0.4, -0.2) is 22.3 Å². The standard InChI is InChI=1S/C13H12F3N3O2/c1-8-4-5-19(18-8)7-12(20)17-10-3-2-9(14)6-11(10)21-13(15)16/h2-6,13H,7H2,1H3,(H,17,20). The number of amides is 1. The summed E-state index contributed by atoms with van der Waals surface area (Å²) in [6.45, 7) is -1.45. The Morgan fingerprint density at radius 3 is 2.81 bits per heavy atom. The number of nitrogens with one attached hydrogen (secondary N) is 1. The fourth-order valence-electron chi connectivity index (χ4n) is 1.68. The highest BCUT2D eigenvalue weighted by molar-refractivity contribution is 5.92. The molecule has 0 aliphatic rings. The van der Waals surface area contributed by atoms with E-state index < -0.39 is 24.1 Å². The number of ether oxygens (including phenoxy) is 1. The lowest BCUT2D eigenvalue weighted by Crippen LogP contribution is -2.20. The SMILES string of the molecule is Cc1ccn(CC(=O)Nc2ccc(F)cc2OC(F)F)n1. The summed E-state index contributed by atoms with van der Waals surface area (Å²) >= 11 is 0. The van der Waals surface area contributed by atoms with Crippen molar-refractivity contribution in [2.75, 3.05) is 5.32 Å². The number of nitrogens with zero attached hydrogens (tertiary/aromatic N) is 2. The molecule has 1 aromatic heterocycles. The zero-order valence-corrected chi connectivity index (χ0v) is 11.0. The summed E-state index contributed by atoms with van der Waals surface area (Å²) in [6.07, 6.45) is 1.61. The lowest BCUT2D eigenvalue weighted by molar-refractivity contribution is -0.117. The number of aryl methyl sites for hydroxylation is 1. The van der Waals surface area contributed by atoms with Gasteiger partial charge in [0, 0.05) is 12.3 Å². The van der Waals surface area contributed by atoms with Gasteiger partial charge in [0.05, 0.1) is 11.4 Å². The Kier molecular flexibility index (Phi) is 4.46. The Labute approximate surface area is 118 Å². The fraction of sp³-hybridized carbons (Fsp3) is 0.231. The van der Waals surface area contributed by atoms with Crippen LogP contribution in [0.25, 0.3) is 0 Å². The zero-order chi connectivity index (χ0) is 15.4. The quantitative estimate of drug-likeness (QED) is 0.923. The number of anilines is 1. The molecule has 1 heterocycles. The van der Waals surface area contributed by atoms with Crippen LogP contribution in [-0.2, 0) is 11.3 Å². The molecule has 1 amide bonds. The van der Waals surface area contributed by atoms with Gasteiger partial charge in [0.15, 0.2) is 5.75 Å². The molecule has 0 fully saturated rings. The summed E-state index contributed by atoms with van der Waals surface area (Å²) in [4.78, 5) is 11.8. The summed E-state index contributed by atoms with van der Waals surface area (Å²) in [5.41, 5.74) is 0.705. The maximum Gasteiger partial charge on any atom is 0.387 e. The van der Waals surface area contributed by atoms with Crippen molar-refractivity contribution in [1.82, 2.24) is 9.78 Å². The molecule has 8 heteroatoms. The average Bonchev–Trinajstić information content (AvgIpc) is 2.77. The highest BCUT2D eigenvalue weighted by Crippen LogP contribution is 2.27. The zero-order valence-electron chi connectivity index (χ0n) is 11.0. The van der Waals surface area contributed by atoms with Gasteiger partial charge < -0.3 is 10.1 Å². The Morgan fingerprint density at radius 2 is 2.19 bits per heavy atom. The molecular formula is C13H12F3N3O2. The van der Waals surface area contributed by atoms with Crippen molar-refractivity contribution in [1.29, 1.82) is 0 Å². The molecule has 0 saturated heterocycles. The molecule has 2 aromatic rings. The summed E-state index contributed by atoms with van der Waals surface area (Å²) in [5, 5.41) is 6.40. The number of halogens is 3. The van der Waals surface area contributed by atoms with Gasteiger partial charge in [-0.1, -0.05) is 0 Å².